The molecule has 1 aromatic carbocycles. The molecule has 1 atom stereocenters. The number of benzene rings is 1. The fourth-order valence-electron chi connectivity index (χ4n) is 4.06. The number of rotatable bonds is 10. The first-order valence-corrected chi connectivity index (χ1v) is 10.1. The van der Waals surface area contributed by atoms with Gasteiger partial charge in [-0.05, 0) is 49.9 Å². The number of carbonyl (C=O) groups excluding carboxylic acids is 2. The van der Waals surface area contributed by atoms with Crippen LogP contribution in [0.2, 0.25) is 0 Å². The van der Waals surface area contributed by atoms with Crippen LogP contribution in [-0.2, 0) is 16.1 Å². The highest BCUT2D eigenvalue weighted by molar-refractivity contribution is 5.79. The van der Waals surface area contributed by atoms with Gasteiger partial charge in [0.1, 0.15) is 5.75 Å². The van der Waals surface area contributed by atoms with Crippen molar-refractivity contribution in [1.82, 2.24) is 15.1 Å². The van der Waals surface area contributed by atoms with Gasteiger partial charge in [-0.2, -0.15) is 0 Å². The minimum absolute atomic E-state index is 0.264. The molecule has 2 aliphatic rings. The highest BCUT2D eigenvalue weighted by atomic mass is 16.5. The zero-order valence-electron chi connectivity index (χ0n) is 16.3. The van der Waals surface area contributed by atoms with Gasteiger partial charge in [0.05, 0.1) is 7.11 Å². The lowest BCUT2D eigenvalue weighted by Gasteiger charge is -2.26. The predicted octanol–water partition coefficient (Wildman–Crippen LogP) is 2.18. The summed E-state index contributed by atoms with van der Waals surface area (Å²) in [4.78, 5) is 27.9. The Morgan fingerprint density at radius 3 is 2.85 bits per heavy atom. The maximum atomic E-state index is 12.2. The van der Waals surface area contributed by atoms with Crippen LogP contribution in [0.4, 0.5) is 0 Å². The van der Waals surface area contributed by atoms with Crippen LogP contribution in [0.3, 0.4) is 0 Å². The normalized spacial score (nSPS) is 20.0. The molecule has 148 valence electrons. The van der Waals surface area contributed by atoms with E-state index in [4.69, 9.17) is 4.74 Å². The van der Waals surface area contributed by atoms with Crippen LogP contribution in [0.15, 0.2) is 24.3 Å². The topological polar surface area (TPSA) is 61.9 Å². The summed E-state index contributed by atoms with van der Waals surface area (Å²) in [6.45, 7) is 4.11. The minimum atomic E-state index is 0.264. The highest BCUT2D eigenvalue weighted by Gasteiger charge is 2.30. The number of hydrogen-bond donors (Lipinski definition) is 1. The third kappa shape index (κ3) is 5.45. The molecule has 2 aliphatic heterocycles. The molecule has 1 aromatic rings. The van der Waals surface area contributed by atoms with Crippen LogP contribution in [0.5, 0.6) is 5.75 Å². The van der Waals surface area contributed by atoms with E-state index in [0.29, 0.717) is 18.9 Å². The van der Waals surface area contributed by atoms with Crippen molar-refractivity contribution in [1.29, 1.82) is 0 Å². The Balaban J connectivity index is 1.37. The molecule has 1 N–H and O–H groups in total. The summed E-state index contributed by atoms with van der Waals surface area (Å²) >= 11 is 0. The van der Waals surface area contributed by atoms with Crippen molar-refractivity contribution < 1.29 is 14.3 Å². The van der Waals surface area contributed by atoms with E-state index < -0.39 is 0 Å². The number of likely N-dealkylation sites (tertiary alicyclic amines) is 2. The maximum Gasteiger partial charge on any atom is 0.222 e. The Labute approximate surface area is 161 Å². The van der Waals surface area contributed by atoms with E-state index in [0.717, 1.165) is 64.2 Å². The molecule has 2 heterocycles. The molecule has 6 nitrogen and oxygen atoms in total. The van der Waals surface area contributed by atoms with Gasteiger partial charge in [0.15, 0.2) is 0 Å². The van der Waals surface area contributed by atoms with Crippen LogP contribution < -0.4 is 10.1 Å². The third-order valence-corrected chi connectivity index (χ3v) is 5.57. The average Bonchev–Trinajstić information content (AvgIpc) is 3.25. The largest absolute Gasteiger partial charge is 0.497 e. The fraction of sp³-hybridized carbons (Fsp3) is 0.619. The number of carbonyl (C=O) groups is 2. The van der Waals surface area contributed by atoms with Gasteiger partial charge in [-0.1, -0.05) is 12.1 Å². The summed E-state index contributed by atoms with van der Waals surface area (Å²) in [6, 6.07) is 8.39. The molecule has 3 rings (SSSR count). The van der Waals surface area contributed by atoms with Gasteiger partial charge in [-0.3, -0.25) is 9.59 Å². The zero-order chi connectivity index (χ0) is 19.1. The summed E-state index contributed by atoms with van der Waals surface area (Å²) in [6.07, 6.45) is 5.11. The number of nitrogens with one attached hydrogen (secondary N) is 1. The Morgan fingerprint density at radius 2 is 2.07 bits per heavy atom. The van der Waals surface area contributed by atoms with E-state index in [2.05, 4.69) is 11.4 Å². The van der Waals surface area contributed by atoms with Gasteiger partial charge < -0.3 is 19.9 Å². The highest BCUT2D eigenvalue weighted by Crippen LogP contribution is 2.22. The number of methoxy groups -OCH3 is 1. The molecular weight excluding hydrogens is 342 g/mol. The summed E-state index contributed by atoms with van der Waals surface area (Å²) < 4.78 is 5.25. The molecule has 27 heavy (non-hydrogen) atoms. The number of ether oxygens (including phenoxy) is 1. The second kappa shape index (κ2) is 9.74. The molecule has 1 unspecified atom stereocenters. The SMILES string of the molecule is COc1cccc(CNCCC2CCC(=O)N2CCCN2CCCC2=O)c1. The molecular formula is C21H31N3O3. The maximum absolute atomic E-state index is 12.2. The lowest BCUT2D eigenvalue weighted by Crippen LogP contribution is -2.37. The standard InChI is InChI=1S/C21H31N3O3/c1-27-19-6-2-5-17(15-19)16-22-11-10-18-8-9-21(26)24(18)14-4-13-23-12-3-7-20(23)25/h2,5-6,15,18,22H,3-4,7-14,16H2,1H3. The second-order valence-electron chi connectivity index (χ2n) is 7.43. The molecule has 2 amide bonds. The molecule has 0 spiro atoms. The first kappa shape index (κ1) is 19.7. The van der Waals surface area contributed by atoms with Crippen molar-refractivity contribution in [2.75, 3.05) is 33.3 Å². The molecule has 2 saturated heterocycles. The summed E-state index contributed by atoms with van der Waals surface area (Å²) in [5, 5.41) is 3.48. The average molecular weight is 373 g/mol. The van der Waals surface area contributed by atoms with E-state index in [-0.39, 0.29) is 11.8 Å². The first-order chi connectivity index (χ1) is 13.2. The number of hydrogen-bond acceptors (Lipinski definition) is 4. The van der Waals surface area contributed by atoms with Crippen LogP contribution >= 0.6 is 0 Å². The summed E-state index contributed by atoms with van der Waals surface area (Å²) in [7, 11) is 1.68. The molecule has 0 bridgehead atoms. The molecule has 6 heteroatoms. The molecule has 0 aliphatic carbocycles. The van der Waals surface area contributed by atoms with E-state index in [1.165, 1.54) is 5.56 Å². The van der Waals surface area contributed by atoms with E-state index in [9.17, 15) is 9.59 Å². The van der Waals surface area contributed by atoms with Crippen molar-refractivity contribution in [3.05, 3.63) is 29.8 Å². The van der Waals surface area contributed by atoms with Crippen LogP contribution in [0.1, 0.15) is 44.1 Å². The molecule has 2 fully saturated rings. The predicted molar refractivity (Wildman–Crippen MR) is 104 cm³/mol. The van der Waals surface area contributed by atoms with Crippen LogP contribution in [0, 0.1) is 0 Å². The number of amides is 2. The lowest BCUT2D eigenvalue weighted by atomic mass is 10.1. The van der Waals surface area contributed by atoms with Crippen molar-refractivity contribution in [2.45, 2.75) is 51.1 Å². The van der Waals surface area contributed by atoms with Gasteiger partial charge in [0, 0.05) is 45.1 Å². The molecule has 0 aromatic heterocycles. The molecule has 0 radical (unpaired) electrons. The van der Waals surface area contributed by atoms with Gasteiger partial charge in [0.2, 0.25) is 11.8 Å². The lowest BCUT2D eigenvalue weighted by molar-refractivity contribution is -0.129. The Bertz CT molecular complexity index is 649. The van der Waals surface area contributed by atoms with Crippen molar-refractivity contribution >= 4 is 11.8 Å². The Morgan fingerprint density at radius 1 is 1.19 bits per heavy atom. The smallest absolute Gasteiger partial charge is 0.222 e. The van der Waals surface area contributed by atoms with Gasteiger partial charge in [0.25, 0.3) is 0 Å². The minimum Gasteiger partial charge on any atom is -0.497 e. The van der Waals surface area contributed by atoms with Crippen LogP contribution in [-0.4, -0.2) is 60.9 Å². The first-order valence-electron chi connectivity index (χ1n) is 10.1. The fourth-order valence-corrected chi connectivity index (χ4v) is 4.06. The monoisotopic (exact) mass is 373 g/mol. The van der Waals surface area contributed by atoms with E-state index >= 15 is 0 Å². The summed E-state index contributed by atoms with van der Waals surface area (Å²) in [5.41, 5.74) is 1.20. The second-order valence-corrected chi connectivity index (χ2v) is 7.43. The Kier molecular flexibility index (Phi) is 7.10. The van der Waals surface area contributed by atoms with E-state index in [1.54, 1.807) is 7.11 Å². The van der Waals surface area contributed by atoms with Gasteiger partial charge in [-0.15, -0.1) is 0 Å². The van der Waals surface area contributed by atoms with Crippen LogP contribution in [0.25, 0.3) is 0 Å². The molecule has 0 saturated carbocycles. The zero-order valence-corrected chi connectivity index (χ0v) is 16.3. The van der Waals surface area contributed by atoms with Crippen molar-refractivity contribution in [3.63, 3.8) is 0 Å². The quantitative estimate of drug-likeness (QED) is 0.639. The van der Waals surface area contributed by atoms with Gasteiger partial charge in [-0.25, -0.2) is 0 Å². The number of nitrogens with zero attached hydrogens (tertiary/aromatic N) is 2. The Hall–Kier alpha value is -2.08. The van der Waals surface area contributed by atoms with Gasteiger partial charge >= 0.3 is 0 Å². The van der Waals surface area contributed by atoms with E-state index in [1.807, 2.05) is 28.0 Å². The van der Waals surface area contributed by atoms with Crippen molar-refractivity contribution in [2.24, 2.45) is 0 Å². The van der Waals surface area contributed by atoms with Crippen molar-refractivity contribution in [3.8, 4) is 5.75 Å². The third-order valence-electron chi connectivity index (χ3n) is 5.57. The summed E-state index contributed by atoms with van der Waals surface area (Å²) in [5.74, 6) is 1.40.